The minimum atomic E-state index is 0.00598. The highest BCUT2D eigenvalue weighted by Crippen LogP contribution is 2.34. The maximum absolute atomic E-state index is 8.59. The van der Waals surface area contributed by atoms with E-state index in [2.05, 4.69) is 26.3 Å². The highest BCUT2D eigenvalue weighted by atomic mass is 15.1. The molecular formula is C41H38N15+. The van der Waals surface area contributed by atoms with E-state index < -0.39 is 0 Å². The maximum Gasteiger partial charge on any atom is 0.193 e. The number of nitrogens with one attached hydrogen (secondary N) is 2. The number of benzene rings is 4. The van der Waals surface area contributed by atoms with Crippen molar-refractivity contribution in [3.8, 4) is 12.1 Å². The van der Waals surface area contributed by atoms with Gasteiger partial charge in [0.25, 0.3) is 0 Å². The Hall–Kier alpha value is -8.65. The Bertz CT molecular complexity index is 2520. The second-order valence-corrected chi connectivity index (χ2v) is 11.7. The van der Waals surface area contributed by atoms with Gasteiger partial charge in [0.2, 0.25) is 0 Å². The van der Waals surface area contributed by atoms with Gasteiger partial charge in [-0.05, 0) is 60.2 Å². The minimum Gasteiger partial charge on any atom is -0.399 e. The first kappa shape index (κ1) is 40.1. The molecule has 56 heavy (non-hydrogen) atoms. The predicted molar refractivity (Wildman–Crippen MR) is 224 cm³/mol. The van der Waals surface area contributed by atoms with E-state index in [1.54, 1.807) is 78.9 Å². The zero-order valence-electron chi connectivity index (χ0n) is 30.0. The van der Waals surface area contributed by atoms with E-state index in [0.29, 0.717) is 57.6 Å². The van der Waals surface area contributed by atoms with Crippen LogP contribution in [0.4, 0.5) is 40.3 Å². The molecule has 0 atom stereocenters. The molecule has 6 aromatic rings. The lowest BCUT2D eigenvalue weighted by Crippen LogP contribution is -2.10. The number of nitrogens with two attached hydrogens (primary N) is 7. The topological polar surface area (TPSA) is 328 Å². The Kier molecular flexibility index (Phi) is 13.8. The van der Waals surface area contributed by atoms with Crippen LogP contribution < -0.4 is 40.1 Å². The van der Waals surface area contributed by atoms with Crippen LogP contribution in [0.3, 0.4) is 0 Å². The number of amidine groups is 2. The Morgan fingerprint density at radius 1 is 0.696 bits per heavy atom. The molecule has 2 aromatic heterocycles. The van der Waals surface area contributed by atoms with Gasteiger partial charge in [-0.1, -0.05) is 42.5 Å². The van der Waals surface area contributed by atoms with Crippen LogP contribution >= 0.6 is 0 Å². The summed E-state index contributed by atoms with van der Waals surface area (Å²) in [5, 5.41) is 41.3. The molecule has 0 bridgehead atoms. The van der Waals surface area contributed by atoms with Crippen molar-refractivity contribution in [1.82, 2.24) is 9.97 Å². The molecule has 4 aromatic carbocycles. The first-order chi connectivity index (χ1) is 26.9. The molecule has 0 amide bonds. The number of nitrogen functional groups attached to an aromatic ring is 7. The van der Waals surface area contributed by atoms with Gasteiger partial charge in [-0.3, -0.25) is 10.8 Å². The number of rotatable bonds is 5. The minimum absolute atomic E-state index is 0.00598. The van der Waals surface area contributed by atoms with Crippen molar-refractivity contribution in [2.75, 3.05) is 28.7 Å². The molecule has 0 saturated carbocycles. The van der Waals surface area contributed by atoms with E-state index in [4.69, 9.17) is 61.5 Å². The summed E-state index contributed by atoms with van der Waals surface area (Å²) in [5.74, 6) is 1.58. The molecule has 0 spiro atoms. The maximum atomic E-state index is 8.59. The summed E-state index contributed by atoms with van der Waals surface area (Å²) in [6.07, 6.45) is 8.77. The smallest absolute Gasteiger partial charge is 0.193 e. The normalized spacial score (nSPS) is 10.5. The molecule has 0 aliphatic heterocycles. The molecule has 0 saturated heterocycles. The zero-order valence-corrected chi connectivity index (χ0v) is 30.0. The largest absolute Gasteiger partial charge is 0.399 e. The fraction of sp³-hybridized carbons (Fsp3) is 0.0244. The number of nitriles is 2. The number of azo groups is 1. The Morgan fingerprint density at radius 2 is 1.30 bits per heavy atom. The van der Waals surface area contributed by atoms with Gasteiger partial charge in [0, 0.05) is 39.7 Å². The molecule has 0 radical (unpaired) electrons. The van der Waals surface area contributed by atoms with E-state index in [1.165, 1.54) is 0 Å². The summed E-state index contributed by atoms with van der Waals surface area (Å²) in [5.41, 5.74) is 45.4. The van der Waals surface area contributed by atoms with E-state index in [-0.39, 0.29) is 17.5 Å². The summed E-state index contributed by atoms with van der Waals surface area (Å²) in [4.78, 5) is 8.05. The Labute approximate surface area is 323 Å². The van der Waals surface area contributed by atoms with Gasteiger partial charge in [0.05, 0.1) is 35.9 Å². The molecule has 7 rings (SSSR count). The average Bonchev–Trinajstić information content (AvgIpc) is 3.19. The SMILES string of the molecule is N#CCc1ccccc1C#N.N=C(N)c1ccc(N)cc1.N=C(N)c1ccc(N=Nc2c(N)nc(N)c3ccccc23)cc1.Nc1cc2c(c(N)n1)C=[C+]C=C2. The van der Waals surface area contributed by atoms with E-state index in [9.17, 15) is 0 Å². The van der Waals surface area contributed by atoms with Gasteiger partial charge >= 0.3 is 0 Å². The summed E-state index contributed by atoms with van der Waals surface area (Å²) in [6, 6.07) is 34.2. The molecule has 1 aliphatic rings. The Balaban J connectivity index is 0.000000179. The second-order valence-electron chi connectivity index (χ2n) is 11.7. The molecular weight excluding hydrogens is 703 g/mol. The lowest BCUT2D eigenvalue weighted by molar-refractivity contribution is 1.22. The number of nitrogens with zero attached hydrogens (tertiary/aromatic N) is 6. The van der Waals surface area contributed by atoms with Crippen LogP contribution in [0.5, 0.6) is 0 Å². The zero-order chi connectivity index (χ0) is 40.6. The van der Waals surface area contributed by atoms with Crippen molar-refractivity contribution >= 4 is 74.9 Å². The number of hydrogen-bond donors (Lipinski definition) is 9. The Morgan fingerprint density at radius 3 is 1.93 bits per heavy atom. The fourth-order valence-corrected chi connectivity index (χ4v) is 4.93. The number of hydrogen-bond acceptors (Lipinski definition) is 13. The molecule has 0 fully saturated rings. The van der Waals surface area contributed by atoms with Crippen molar-refractivity contribution in [3.05, 3.63) is 149 Å². The molecule has 15 nitrogen and oxygen atoms in total. The van der Waals surface area contributed by atoms with Gasteiger partial charge < -0.3 is 40.1 Å². The number of anilines is 5. The van der Waals surface area contributed by atoms with Gasteiger partial charge in [0.15, 0.2) is 11.6 Å². The third kappa shape index (κ3) is 10.9. The van der Waals surface area contributed by atoms with Gasteiger partial charge in [-0.25, -0.2) is 9.97 Å². The summed E-state index contributed by atoms with van der Waals surface area (Å²) < 4.78 is 0. The van der Waals surface area contributed by atoms with Crippen LogP contribution in [-0.4, -0.2) is 21.6 Å². The average molecular weight is 741 g/mol. The van der Waals surface area contributed by atoms with Crippen LogP contribution in [0, 0.1) is 39.6 Å². The van der Waals surface area contributed by atoms with Crippen LogP contribution in [0.2, 0.25) is 0 Å². The van der Waals surface area contributed by atoms with Crippen LogP contribution in [0.25, 0.3) is 22.9 Å². The van der Waals surface area contributed by atoms with Gasteiger partial charge in [-0.15, -0.1) is 5.11 Å². The fourth-order valence-electron chi connectivity index (χ4n) is 4.93. The lowest BCUT2D eigenvalue weighted by Gasteiger charge is -2.06. The highest BCUT2D eigenvalue weighted by Gasteiger charge is 2.14. The number of allylic oxidation sites excluding steroid dienone is 2. The van der Waals surface area contributed by atoms with Crippen LogP contribution in [0.15, 0.2) is 119 Å². The van der Waals surface area contributed by atoms with Crippen molar-refractivity contribution in [3.63, 3.8) is 0 Å². The van der Waals surface area contributed by atoms with Crippen molar-refractivity contribution in [2.45, 2.75) is 6.42 Å². The van der Waals surface area contributed by atoms with E-state index in [1.807, 2.05) is 54.6 Å². The summed E-state index contributed by atoms with van der Waals surface area (Å²) in [7, 11) is 0. The van der Waals surface area contributed by atoms with Crippen molar-refractivity contribution in [2.24, 2.45) is 21.7 Å². The number of pyridine rings is 2. The standard InChI is InChI=1S/C16H15N7.C9H8N3.C9H6N2.C7H9N3/c17-14(18)9-5-7-10(8-6-9)22-23-13-11-3-1-2-4-12(11)15(19)21-16(13)20;10-8-5-6-3-1-2-4-7(6)9(11)12-8;10-6-5-8-3-1-2-4-9(8)7-11;8-6-3-1-5(2-4-6)7(9)10/h1-8H,(H3,17,18)(H4,19,20,21);1,3-5H,(H4,10,11,12);1-4H,5H2;1-4H,8H2,(H3,9,10)/q;+1;;. The molecule has 15 heteroatoms. The first-order valence-corrected chi connectivity index (χ1v) is 16.6. The molecule has 0 unspecified atom stereocenters. The van der Waals surface area contributed by atoms with Crippen molar-refractivity contribution in [1.29, 1.82) is 21.3 Å². The van der Waals surface area contributed by atoms with Crippen LogP contribution in [-0.2, 0) is 6.42 Å². The molecule has 1 aliphatic carbocycles. The summed E-state index contributed by atoms with van der Waals surface area (Å²) >= 11 is 0. The molecule has 2 heterocycles. The van der Waals surface area contributed by atoms with Gasteiger partial charge in [-0.2, -0.15) is 15.6 Å². The highest BCUT2D eigenvalue weighted by molar-refractivity contribution is 6.02. The monoisotopic (exact) mass is 740 g/mol. The first-order valence-electron chi connectivity index (χ1n) is 16.6. The lowest BCUT2D eigenvalue weighted by atomic mass is 10.0. The van der Waals surface area contributed by atoms with E-state index >= 15 is 0 Å². The van der Waals surface area contributed by atoms with Gasteiger partial charge in [0.1, 0.15) is 52.3 Å². The third-order valence-corrected chi connectivity index (χ3v) is 7.74. The number of aromatic nitrogens is 2. The predicted octanol–water partition coefficient (Wildman–Crippen LogP) is 6.37. The van der Waals surface area contributed by atoms with Crippen molar-refractivity contribution < 1.29 is 0 Å². The number of fused-ring (bicyclic) bond motifs is 2. The van der Waals surface area contributed by atoms with Crippen LogP contribution in [0.1, 0.15) is 33.4 Å². The van der Waals surface area contributed by atoms with E-state index in [0.717, 1.165) is 27.5 Å². The summed E-state index contributed by atoms with van der Waals surface area (Å²) in [6.45, 7) is 0. The molecule has 16 N–H and O–H groups in total. The third-order valence-electron chi connectivity index (χ3n) is 7.74. The quantitative estimate of drug-likeness (QED) is 0.0307. The second kappa shape index (κ2) is 19.3. The molecule has 276 valence electrons.